The Hall–Kier alpha value is -3.15. The maximum Gasteiger partial charge on any atom is 0.243 e. The van der Waals surface area contributed by atoms with E-state index in [1.807, 2.05) is 6.92 Å². The number of rotatable bonds is 6. The average molecular weight is 532 g/mol. The van der Waals surface area contributed by atoms with E-state index in [1.165, 1.54) is 21.5 Å². The number of nitrogens with zero attached hydrogens (tertiary/aromatic N) is 3. The fourth-order valence-electron chi connectivity index (χ4n) is 4.28. The van der Waals surface area contributed by atoms with Gasteiger partial charge in [-0.1, -0.05) is 29.0 Å². The summed E-state index contributed by atoms with van der Waals surface area (Å²) in [4.78, 5) is 19.6. The van der Waals surface area contributed by atoms with E-state index in [1.54, 1.807) is 36.4 Å². The summed E-state index contributed by atoms with van der Waals surface area (Å²) in [5.74, 6) is -1.74. The Morgan fingerprint density at radius 2 is 1.89 bits per heavy atom. The molecule has 3 heterocycles. The number of thiazole rings is 1. The molecule has 0 aliphatic carbocycles. The van der Waals surface area contributed by atoms with Crippen LogP contribution in [0.25, 0.3) is 10.2 Å². The van der Waals surface area contributed by atoms with Gasteiger partial charge in [0, 0.05) is 25.1 Å². The van der Waals surface area contributed by atoms with Gasteiger partial charge in [-0.05, 0) is 50.1 Å². The second-order valence-corrected chi connectivity index (χ2v) is 11.7. The van der Waals surface area contributed by atoms with Crippen LogP contribution in [-0.2, 0) is 21.4 Å². The minimum absolute atomic E-state index is 0.00680. The molecule has 36 heavy (non-hydrogen) atoms. The molecule has 1 saturated heterocycles. The molecule has 2 aromatic heterocycles. The summed E-state index contributed by atoms with van der Waals surface area (Å²) >= 11 is 1.02. The van der Waals surface area contributed by atoms with E-state index < -0.39 is 27.6 Å². The quantitative estimate of drug-likeness (QED) is 0.345. The van der Waals surface area contributed by atoms with Crippen molar-refractivity contribution in [3.8, 4) is 0 Å². The summed E-state index contributed by atoms with van der Waals surface area (Å²) in [6.45, 7) is 2.34. The van der Waals surface area contributed by atoms with Crippen LogP contribution in [0.5, 0.6) is 0 Å². The van der Waals surface area contributed by atoms with Crippen LogP contribution in [-0.4, -0.2) is 36.7 Å². The first kappa shape index (κ1) is 24.5. The molecule has 5 rings (SSSR count). The van der Waals surface area contributed by atoms with E-state index in [0.717, 1.165) is 23.0 Å². The van der Waals surface area contributed by atoms with Gasteiger partial charge in [-0.2, -0.15) is 4.31 Å². The summed E-state index contributed by atoms with van der Waals surface area (Å²) in [5.41, 5.74) is 0.958. The number of aryl methyl sites for hydroxylation is 1. The zero-order valence-corrected chi connectivity index (χ0v) is 21.0. The molecule has 0 atom stereocenters. The molecule has 1 fully saturated rings. The molecule has 1 aliphatic rings. The molecule has 0 N–H and O–H groups in total. The molecule has 7 nitrogen and oxygen atoms in total. The maximum absolute atomic E-state index is 14.3. The summed E-state index contributed by atoms with van der Waals surface area (Å²) < 4.78 is 61.2. The summed E-state index contributed by atoms with van der Waals surface area (Å²) in [5, 5.41) is 0.227. The van der Waals surface area contributed by atoms with Gasteiger partial charge in [-0.15, -0.1) is 0 Å². The Kier molecular flexibility index (Phi) is 6.62. The molecule has 1 aliphatic heterocycles. The summed E-state index contributed by atoms with van der Waals surface area (Å²) in [6.07, 6.45) is 2.14. The van der Waals surface area contributed by atoms with E-state index in [0.29, 0.717) is 23.3 Å². The lowest BCUT2D eigenvalue weighted by Gasteiger charge is -2.32. The van der Waals surface area contributed by atoms with Crippen LogP contribution in [0, 0.1) is 24.5 Å². The minimum atomic E-state index is -3.66. The number of hydrogen-bond donors (Lipinski definition) is 0. The Balaban J connectivity index is 1.37. The second kappa shape index (κ2) is 9.72. The molecule has 1 amide bonds. The number of fused-ring (bicyclic) bond motifs is 1. The molecule has 0 unspecified atom stereocenters. The summed E-state index contributed by atoms with van der Waals surface area (Å²) in [7, 11) is -3.66. The Labute approximate surface area is 211 Å². The highest BCUT2D eigenvalue weighted by Gasteiger charge is 2.35. The number of carbonyl (C=O) groups excluding carboxylic acids is 1. The van der Waals surface area contributed by atoms with Crippen molar-refractivity contribution >= 4 is 42.6 Å². The lowest BCUT2D eigenvalue weighted by molar-refractivity contribution is -0.123. The molecule has 4 aromatic rings. The summed E-state index contributed by atoms with van der Waals surface area (Å²) in [6, 6.07) is 12.0. The van der Waals surface area contributed by atoms with E-state index in [9.17, 15) is 22.0 Å². The zero-order chi connectivity index (χ0) is 25.4. The van der Waals surface area contributed by atoms with Gasteiger partial charge in [0.1, 0.15) is 17.1 Å². The number of anilines is 1. The molecule has 2 aromatic carbocycles. The van der Waals surface area contributed by atoms with Crippen molar-refractivity contribution in [3.63, 3.8) is 0 Å². The molecule has 0 bridgehead atoms. The zero-order valence-electron chi connectivity index (χ0n) is 19.4. The number of sulfonamides is 1. The Bertz CT molecular complexity index is 1490. The number of aromatic nitrogens is 1. The van der Waals surface area contributed by atoms with Gasteiger partial charge in [0.2, 0.25) is 15.9 Å². The third-order valence-corrected chi connectivity index (χ3v) is 9.19. The number of benzene rings is 2. The van der Waals surface area contributed by atoms with Crippen LogP contribution in [0.2, 0.25) is 0 Å². The Morgan fingerprint density at radius 1 is 1.17 bits per heavy atom. The fraction of sp³-hybridized carbons (Fsp3) is 0.280. The van der Waals surface area contributed by atoms with Crippen LogP contribution in [0.15, 0.2) is 64.1 Å². The third kappa shape index (κ3) is 4.78. The van der Waals surface area contributed by atoms with Gasteiger partial charge in [0.15, 0.2) is 10.9 Å². The third-order valence-electron chi connectivity index (χ3n) is 6.25. The first-order valence-electron chi connectivity index (χ1n) is 11.4. The van der Waals surface area contributed by atoms with Crippen LogP contribution < -0.4 is 4.90 Å². The fourth-order valence-corrected chi connectivity index (χ4v) is 6.76. The molecule has 0 spiro atoms. The van der Waals surface area contributed by atoms with Crippen LogP contribution in [0.1, 0.15) is 24.2 Å². The van der Waals surface area contributed by atoms with Gasteiger partial charge >= 0.3 is 0 Å². The molecule has 0 saturated carbocycles. The van der Waals surface area contributed by atoms with Gasteiger partial charge in [0.05, 0.1) is 22.4 Å². The monoisotopic (exact) mass is 531 g/mol. The van der Waals surface area contributed by atoms with Crippen molar-refractivity contribution in [3.05, 3.63) is 77.8 Å². The lowest BCUT2D eigenvalue weighted by Crippen LogP contribution is -2.44. The largest absolute Gasteiger partial charge is 0.467 e. The number of hydrogen-bond acceptors (Lipinski definition) is 6. The standard InChI is InChI=1S/C25H23F2N3O4S2/c1-16-4-6-20(7-5-16)36(32,33)29-10-8-17(9-11-29)24(31)30(15-19-3-2-12-34-19)25-28-23-21(27)13-18(26)14-22(23)35-25/h2-7,12-14,17H,8-11,15H2,1H3. The average Bonchev–Trinajstić information content (AvgIpc) is 3.52. The van der Waals surface area contributed by atoms with Crippen molar-refractivity contribution in [2.45, 2.75) is 31.2 Å². The van der Waals surface area contributed by atoms with Crippen LogP contribution in [0.4, 0.5) is 13.9 Å². The molecular weight excluding hydrogens is 508 g/mol. The number of furan rings is 1. The van der Waals surface area contributed by atoms with Crippen LogP contribution in [0.3, 0.4) is 0 Å². The highest BCUT2D eigenvalue weighted by Crippen LogP contribution is 2.34. The predicted molar refractivity (Wildman–Crippen MR) is 132 cm³/mol. The van der Waals surface area contributed by atoms with Crippen molar-refractivity contribution < 1.29 is 26.4 Å². The lowest BCUT2D eigenvalue weighted by atomic mass is 9.96. The SMILES string of the molecule is Cc1ccc(S(=O)(=O)N2CCC(C(=O)N(Cc3ccco3)c3nc4c(F)cc(F)cc4s3)CC2)cc1. The molecule has 188 valence electrons. The van der Waals surface area contributed by atoms with Crippen molar-refractivity contribution in [2.75, 3.05) is 18.0 Å². The highest BCUT2D eigenvalue weighted by atomic mass is 32.2. The maximum atomic E-state index is 14.3. The van der Waals surface area contributed by atoms with Gasteiger partial charge in [-0.25, -0.2) is 22.2 Å². The highest BCUT2D eigenvalue weighted by molar-refractivity contribution is 7.89. The normalized spacial score (nSPS) is 15.4. The second-order valence-electron chi connectivity index (χ2n) is 8.73. The first-order chi connectivity index (χ1) is 17.2. The predicted octanol–water partition coefficient (Wildman–Crippen LogP) is 5.11. The topological polar surface area (TPSA) is 83.7 Å². The van der Waals surface area contributed by atoms with Crippen molar-refractivity contribution in [1.82, 2.24) is 9.29 Å². The van der Waals surface area contributed by atoms with E-state index in [4.69, 9.17) is 4.42 Å². The van der Waals surface area contributed by atoms with Crippen molar-refractivity contribution in [2.24, 2.45) is 5.92 Å². The Morgan fingerprint density at radius 3 is 2.56 bits per heavy atom. The number of piperidine rings is 1. The van der Waals surface area contributed by atoms with Gasteiger partial charge in [-0.3, -0.25) is 9.69 Å². The number of carbonyl (C=O) groups is 1. The van der Waals surface area contributed by atoms with E-state index >= 15 is 0 Å². The van der Waals surface area contributed by atoms with Crippen molar-refractivity contribution in [1.29, 1.82) is 0 Å². The first-order valence-corrected chi connectivity index (χ1v) is 13.6. The smallest absolute Gasteiger partial charge is 0.243 e. The molecule has 11 heteroatoms. The van der Waals surface area contributed by atoms with E-state index in [-0.39, 0.29) is 41.1 Å². The number of amides is 1. The molecule has 0 radical (unpaired) electrons. The van der Waals surface area contributed by atoms with E-state index in [2.05, 4.69) is 4.98 Å². The minimum Gasteiger partial charge on any atom is -0.467 e. The van der Waals surface area contributed by atoms with Gasteiger partial charge < -0.3 is 4.42 Å². The van der Waals surface area contributed by atoms with Gasteiger partial charge in [0.25, 0.3) is 0 Å². The number of halogens is 2. The van der Waals surface area contributed by atoms with Crippen LogP contribution >= 0.6 is 11.3 Å². The molecular formula is C25H23F2N3O4S2.